The highest BCUT2D eigenvalue weighted by molar-refractivity contribution is 5.87. The van der Waals surface area contributed by atoms with Gasteiger partial charge in [0.25, 0.3) is 0 Å². The Labute approximate surface area is 253 Å². The monoisotopic (exact) mass is 586 g/mol. The molecule has 1 saturated heterocycles. The summed E-state index contributed by atoms with van der Waals surface area (Å²) in [5.41, 5.74) is 2.01. The van der Waals surface area contributed by atoms with Crippen LogP contribution in [-0.2, 0) is 14.9 Å². The quantitative estimate of drug-likeness (QED) is 0.259. The van der Waals surface area contributed by atoms with Crippen molar-refractivity contribution in [3.05, 3.63) is 54.3 Å². The van der Waals surface area contributed by atoms with Gasteiger partial charge in [-0.3, -0.25) is 4.90 Å². The van der Waals surface area contributed by atoms with Gasteiger partial charge in [0, 0.05) is 36.9 Å². The van der Waals surface area contributed by atoms with Crippen LogP contribution in [0.3, 0.4) is 0 Å². The number of hydrogen-bond acceptors (Lipinski definition) is 8. The van der Waals surface area contributed by atoms with Crippen molar-refractivity contribution < 1.29 is 23.5 Å². The summed E-state index contributed by atoms with van der Waals surface area (Å²) in [6, 6.07) is 12.1. The summed E-state index contributed by atoms with van der Waals surface area (Å²) in [6.07, 6.45) is 11.2. The highest BCUT2D eigenvalue weighted by Gasteiger charge is 2.53. The zero-order valence-corrected chi connectivity index (χ0v) is 25.3. The number of hydrogen-bond donors (Lipinski definition) is 0. The number of ether oxygens (including phenoxy) is 3. The van der Waals surface area contributed by atoms with Crippen LogP contribution in [0, 0.1) is 5.41 Å². The van der Waals surface area contributed by atoms with Gasteiger partial charge < -0.3 is 18.7 Å². The first-order chi connectivity index (χ1) is 20.9. The molecule has 0 spiro atoms. The summed E-state index contributed by atoms with van der Waals surface area (Å²) in [6.45, 7) is 5.86. The molecule has 9 nitrogen and oxygen atoms in total. The van der Waals surface area contributed by atoms with Gasteiger partial charge in [0.05, 0.1) is 19.3 Å². The molecule has 1 amide bonds. The standard InChI is InChI=1S/C34H42N4O5/c1-23(2)41-27-7-5-24(6-8-27)26-9-18-35-29(21-26)38(32(39)42-28-10-19-40-20-11-28)22-33-12-15-34(16-13-33,17-14-33)31-36-30(37-43-31)25-3-4-25/h5-9,18,21,23,25,28H,3-4,10-17,19-20,22H2,1-2H3. The van der Waals surface area contributed by atoms with Crippen LogP contribution < -0.4 is 9.64 Å². The third-order valence-electron chi connectivity index (χ3n) is 9.97. The molecule has 2 aromatic heterocycles. The third kappa shape index (κ3) is 6.01. The summed E-state index contributed by atoms with van der Waals surface area (Å²) < 4.78 is 23.3. The van der Waals surface area contributed by atoms with Crippen molar-refractivity contribution in [1.29, 1.82) is 0 Å². The molecule has 5 fully saturated rings. The Bertz CT molecular complexity index is 1400. The van der Waals surface area contributed by atoms with E-state index in [0.717, 1.165) is 80.0 Å². The Morgan fingerprint density at radius 3 is 2.37 bits per heavy atom. The maximum absolute atomic E-state index is 13.9. The Balaban J connectivity index is 1.12. The highest BCUT2D eigenvalue weighted by atomic mass is 16.6. The Morgan fingerprint density at radius 1 is 0.977 bits per heavy atom. The van der Waals surface area contributed by atoms with E-state index in [4.69, 9.17) is 28.7 Å². The molecule has 0 atom stereocenters. The zero-order chi connectivity index (χ0) is 29.4. The lowest BCUT2D eigenvalue weighted by Gasteiger charge is -2.52. The van der Waals surface area contributed by atoms with Gasteiger partial charge >= 0.3 is 6.09 Å². The first-order valence-electron chi connectivity index (χ1n) is 16.0. The summed E-state index contributed by atoms with van der Waals surface area (Å²) in [5.74, 6) is 3.67. The number of aromatic nitrogens is 3. The number of benzene rings is 1. The van der Waals surface area contributed by atoms with Gasteiger partial charge in [-0.1, -0.05) is 17.3 Å². The average Bonchev–Trinajstić information content (AvgIpc) is 3.77. The normalized spacial score (nSPS) is 25.6. The molecule has 1 aromatic carbocycles. The third-order valence-corrected chi connectivity index (χ3v) is 9.97. The zero-order valence-electron chi connectivity index (χ0n) is 25.3. The number of fused-ring (bicyclic) bond motifs is 3. The number of anilines is 1. The number of carbonyl (C=O) groups excluding carboxylic acids is 1. The second-order valence-corrected chi connectivity index (χ2v) is 13.4. The number of pyridine rings is 1. The Hall–Kier alpha value is -3.46. The minimum atomic E-state index is -0.319. The lowest BCUT2D eigenvalue weighted by atomic mass is 9.53. The smallest absolute Gasteiger partial charge is 0.415 e. The lowest BCUT2D eigenvalue weighted by molar-refractivity contribution is -0.000231. The minimum Gasteiger partial charge on any atom is -0.491 e. The van der Waals surface area contributed by atoms with Crippen molar-refractivity contribution in [2.45, 2.75) is 102 Å². The molecule has 5 aliphatic rings. The highest BCUT2D eigenvalue weighted by Crippen LogP contribution is 2.58. The van der Waals surface area contributed by atoms with E-state index in [1.54, 1.807) is 11.1 Å². The van der Waals surface area contributed by atoms with Crippen molar-refractivity contribution in [2.75, 3.05) is 24.7 Å². The van der Waals surface area contributed by atoms with Gasteiger partial charge in [0.1, 0.15) is 17.7 Å². The molecule has 0 N–H and O–H groups in total. The number of rotatable bonds is 9. The van der Waals surface area contributed by atoms with Crippen molar-refractivity contribution in [3.8, 4) is 16.9 Å². The van der Waals surface area contributed by atoms with E-state index in [0.29, 0.717) is 31.5 Å². The summed E-state index contributed by atoms with van der Waals surface area (Å²) in [5, 5.41) is 4.32. The van der Waals surface area contributed by atoms with Gasteiger partial charge in [-0.05, 0) is 106 Å². The van der Waals surface area contributed by atoms with E-state index in [1.165, 1.54) is 12.8 Å². The summed E-state index contributed by atoms with van der Waals surface area (Å²) >= 11 is 0. The largest absolute Gasteiger partial charge is 0.491 e. The van der Waals surface area contributed by atoms with Gasteiger partial charge in [0.15, 0.2) is 5.82 Å². The number of amides is 1. The molecule has 43 heavy (non-hydrogen) atoms. The molecule has 4 saturated carbocycles. The second kappa shape index (κ2) is 11.6. The van der Waals surface area contributed by atoms with Gasteiger partial charge in [-0.15, -0.1) is 0 Å². The predicted octanol–water partition coefficient (Wildman–Crippen LogP) is 7.21. The first kappa shape index (κ1) is 28.3. The van der Waals surface area contributed by atoms with Crippen LogP contribution in [0.2, 0.25) is 0 Å². The lowest BCUT2D eigenvalue weighted by Crippen LogP contribution is -2.51. The Kier molecular flexibility index (Phi) is 7.61. The van der Waals surface area contributed by atoms with E-state index in [2.05, 4.69) is 5.16 Å². The topological polar surface area (TPSA) is 99.8 Å². The SMILES string of the molecule is CC(C)Oc1ccc(-c2ccnc(N(CC34CCC(c5nc(C6CC6)no5)(CC3)CC4)C(=O)OC3CCOCC3)c2)cc1. The summed E-state index contributed by atoms with van der Waals surface area (Å²) in [4.78, 5) is 25.2. The molecule has 9 heteroatoms. The van der Waals surface area contributed by atoms with E-state index in [1.807, 2.05) is 50.2 Å². The molecule has 1 aliphatic heterocycles. The first-order valence-corrected chi connectivity index (χ1v) is 16.0. The van der Waals surface area contributed by atoms with Crippen molar-refractivity contribution >= 4 is 11.9 Å². The maximum Gasteiger partial charge on any atom is 0.415 e. The second-order valence-electron chi connectivity index (χ2n) is 13.4. The van der Waals surface area contributed by atoms with Gasteiger partial charge in [0.2, 0.25) is 5.89 Å². The van der Waals surface area contributed by atoms with Gasteiger partial charge in [-0.2, -0.15) is 4.98 Å². The number of nitrogens with zero attached hydrogens (tertiary/aromatic N) is 4. The van der Waals surface area contributed by atoms with Crippen molar-refractivity contribution in [2.24, 2.45) is 5.41 Å². The van der Waals surface area contributed by atoms with Crippen molar-refractivity contribution in [3.63, 3.8) is 0 Å². The molecule has 0 radical (unpaired) electrons. The minimum absolute atomic E-state index is 0.00328. The average molecular weight is 587 g/mol. The fourth-order valence-electron chi connectivity index (χ4n) is 7.10. The molecule has 3 aromatic rings. The molecule has 2 bridgehead atoms. The van der Waals surface area contributed by atoms with Crippen LogP contribution in [0.4, 0.5) is 10.6 Å². The van der Waals surface area contributed by atoms with Crippen LogP contribution in [0.1, 0.15) is 95.7 Å². The predicted molar refractivity (Wildman–Crippen MR) is 161 cm³/mol. The fraction of sp³-hybridized carbons (Fsp3) is 0.588. The van der Waals surface area contributed by atoms with Gasteiger partial charge in [-0.25, -0.2) is 9.78 Å². The van der Waals surface area contributed by atoms with Crippen LogP contribution in [-0.4, -0.2) is 53.2 Å². The molecule has 3 heterocycles. The van der Waals surface area contributed by atoms with Crippen LogP contribution in [0.5, 0.6) is 5.75 Å². The van der Waals surface area contributed by atoms with E-state index < -0.39 is 0 Å². The maximum atomic E-state index is 13.9. The van der Waals surface area contributed by atoms with Crippen molar-refractivity contribution in [1.82, 2.24) is 15.1 Å². The molecule has 228 valence electrons. The number of carbonyl (C=O) groups is 1. The molecular formula is C34H42N4O5. The van der Waals surface area contributed by atoms with Crippen LogP contribution in [0.25, 0.3) is 11.1 Å². The summed E-state index contributed by atoms with van der Waals surface area (Å²) in [7, 11) is 0. The van der Waals surface area contributed by atoms with Crippen LogP contribution in [0.15, 0.2) is 47.1 Å². The molecule has 4 aliphatic carbocycles. The fourth-order valence-corrected chi connectivity index (χ4v) is 7.10. The van der Waals surface area contributed by atoms with Crippen LogP contribution >= 0.6 is 0 Å². The Morgan fingerprint density at radius 2 is 1.70 bits per heavy atom. The van der Waals surface area contributed by atoms with E-state index in [9.17, 15) is 4.79 Å². The molecular weight excluding hydrogens is 544 g/mol. The van der Waals surface area contributed by atoms with E-state index >= 15 is 0 Å². The molecule has 0 unspecified atom stereocenters. The van der Waals surface area contributed by atoms with E-state index in [-0.39, 0.29) is 29.1 Å². The molecule has 8 rings (SSSR count).